The van der Waals surface area contributed by atoms with Crippen LogP contribution < -0.4 is 15.8 Å². The lowest BCUT2D eigenvalue weighted by Crippen LogP contribution is -2.37. The minimum atomic E-state index is -0.422. The number of halogens is 1. The topological polar surface area (TPSA) is 100 Å². The highest BCUT2D eigenvalue weighted by Gasteiger charge is 2.37. The van der Waals surface area contributed by atoms with Crippen molar-refractivity contribution in [2.75, 3.05) is 16.8 Å². The molecule has 0 aliphatic carbocycles. The van der Waals surface area contributed by atoms with E-state index in [0.717, 1.165) is 5.39 Å². The molecular formula is C21H22ClN5O3. The first-order valence-corrected chi connectivity index (χ1v) is 10.1. The van der Waals surface area contributed by atoms with Gasteiger partial charge in [-0.1, -0.05) is 37.6 Å². The number of carbonyl (C=O) groups is 1. The van der Waals surface area contributed by atoms with Crippen LogP contribution in [0.3, 0.4) is 0 Å². The summed E-state index contributed by atoms with van der Waals surface area (Å²) in [6, 6.07) is 8.45. The molecule has 1 aliphatic heterocycles. The van der Waals surface area contributed by atoms with Gasteiger partial charge in [-0.15, -0.1) is 0 Å². The van der Waals surface area contributed by atoms with Crippen LogP contribution >= 0.6 is 11.6 Å². The fraction of sp³-hybridized carbons (Fsp3) is 0.333. The predicted molar refractivity (Wildman–Crippen MR) is 116 cm³/mol. The summed E-state index contributed by atoms with van der Waals surface area (Å²) >= 11 is 6.17. The first kappa shape index (κ1) is 20.2. The van der Waals surface area contributed by atoms with E-state index in [9.17, 15) is 9.59 Å². The molecule has 156 valence electrons. The molecule has 0 unspecified atom stereocenters. The van der Waals surface area contributed by atoms with Crippen molar-refractivity contribution >= 4 is 40.4 Å². The summed E-state index contributed by atoms with van der Waals surface area (Å²) in [5, 5.41) is 4.47. The summed E-state index contributed by atoms with van der Waals surface area (Å²) in [6.07, 6.45) is 1.15. The molecule has 1 fully saturated rings. The van der Waals surface area contributed by atoms with Crippen molar-refractivity contribution in [3.8, 4) is 0 Å². The van der Waals surface area contributed by atoms with Gasteiger partial charge in [0.15, 0.2) is 0 Å². The molecule has 4 rings (SSSR count). The lowest BCUT2D eigenvalue weighted by molar-refractivity contribution is 0.177. The zero-order chi connectivity index (χ0) is 21.4. The number of fused-ring (bicyclic) bond motifs is 1. The zero-order valence-electron chi connectivity index (χ0n) is 16.8. The maximum Gasteiger partial charge on any atom is 0.415 e. The maximum atomic E-state index is 12.6. The molecule has 9 heteroatoms. The number of rotatable bonds is 5. The van der Waals surface area contributed by atoms with Crippen molar-refractivity contribution in [3.05, 3.63) is 57.5 Å². The number of ether oxygens (including phenoxy) is 1. The summed E-state index contributed by atoms with van der Waals surface area (Å²) in [5.41, 5.74) is 0.889. The molecule has 0 saturated carbocycles. The number of nitrogens with zero attached hydrogens (tertiary/aromatic N) is 3. The van der Waals surface area contributed by atoms with Crippen molar-refractivity contribution in [2.24, 2.45) is 5.92 Å². The number of anilines is 2. The number of carbonyl (C=O) groups excluding carboxylic acids is 1. The van der Waals surface area contributed by atoms with Crippen molar-refractivity contribution in [1.29, 1.82) is 0 Å². The normalized spacial score (nSPS) is 17.4. The molecule has 3 aromatic rings. The Morgan fingerprint density at radius 2 is 2.07 bits per heavy atom. The second-order valence-corrected chi connectivity index (χ2v) is 8.03. The van der Waals surface area contributed by atoms with Crippen LogP contribution in [0.2, 0.25) is 5.02 Å². The molecule has 8 nitrogen and oxygen atoms in total. The molecule has 1 amide bonds. The average Bonchev–Trinajstić information content (AvgIpc) is 3.10. The molecule has 1 aromatic carbocycles. The van der Waals surface area contributed by atoms with Gasteiger partial charge in [0.05, 0.1) is 22.6 Å². The number of hydrogen-bond donors (Lipinski definition) is 2. The number of aromatic amines is 1. The molecule has 30 heavy (non-hydrogen) atoms. The number of benzene rings is 1. The van der Waals surface area contributed by atoms with Crippen LogP contribution in [0.5, 0.6) is 0 Å². The number of aromatic nitrogens is 3. The number of para-hydroxylation sites is 1. The number of amides is 1. The monoisotopic (exact) mass is 427 g/mol. The number of hydrogen-bond acceptors (Lipinski definition) is 6. The highest BCUT2D eigenvalue weighted by Crippen LogP contribution is 2.27. The van der Waals surface area contributed by atoms with E-state index in [1.54, 1.807) is 29.3 Å². The molecule has 1 aliphatic rings. The van der Waals surface area contributed by atoms with E-state index in [-0.39, 0.29) is 23.6 Å². The predicted octanol–water partition coefficient (Wildman–Crippen LogP) is 4.13. The van der Waals surface area contributed by atoms with Gasteiger partial charge in [0, 0.05) is 17.1 Å². The average molecular weight is 428 g/mol. The van der Waals surface area contributed by atoms with E-state index >= 15 is 0 Å². The van der Waals surface area contributed by atoms with Gasteiger partial charge in [-0.05, 0) is 31.0 Å². The molecular weight excluding hydrogens is 406 g/mol. The lowest BCUT2D eigenvalue weighted by Gasteiger charge is -2.23. The van der Waals surface area contributed by atoms with E-state index in [2.05, 4.69) is 20.3 Å². The Kier molecular flexibility index (Phi) is 5.34. The van der Waals surface area contributed by atoms with Gasteiger partial charge in [-0.3, -0.25) is 9.69 Å². The second kappa shape index (κ2) is 7.95. The first-order chi connectivity index (χ1) is 14.3. The van der Waals surface area contributed by atoms with E-state index in [1.165, 1.54) is 0 Å². The molecule has 2 N–H and O–H groups in total. The molecule has 1 saturated heterocycles. The maximum absolute atomic E-state index is 12.6. The Bertz CT molecular complexity index is 1160. The molecule has 0 radical (unpaired) electrons. The Labute approximate surface area is 178 Å². The fourth-order valence-corrected chi connectivity index (χ4v) is 3.78. The number of nitrogens with one attached hydrogen (secondary N) is 2. The van der Waals surface area contributed by atoms with E-state index in [0.29, 0.717) is 34.5 Å². The molecule has 0 bridgehead atoms. The van der Waals surface area contributed by atoms with Gasteiger partial charge in [0.2, 0.25) is 5.95 Å². The molecule has 3 heterocycles. The third-order valence-electron chi connectivity index (χ3n) is 5.23. The summed E-state index contributed by atoms with van der Waals surface area (Å²) in [7, 11) is 0. The van der Waals surface area contributed by atoms with E-state index in [4.69, 9.17) is 16.3 Å². The Balaban J connectivity index is 1.62. The number of cyclic esters (lactones) is 1. The summed E-state index contributed by atoms with van der Waals surface area (Å²) in [5.74, 6) is 0.984. The van der Waals surface area contributed by atoms with Gasteiger partial charge >= 0.3 is 6.09 Å². The molecule has 2 aromatic heterocycles. The van der Waals surface area contributed by atoms with Gasteiger partial charge < -0.3 is 15.0 Å². The van der Waals surface area contributed by atoms with Gasteiger partial charge in [0.1, 0.15) is 12.4 Å². The zero-order valence-corrected chi connectivity index (χ0v) is 17.6. The van der Waals surface area contributed by atoms with Crippen molar-refractivity contribution in [3.63, 3.8) is 0 Å². The second-order valence-electron chi connectivity index (χ2n) is 7.62. The smallest absolute Gasteiger partial charge is 0.415 e. The lowest BCUT2D eigenvalue weighted by atomic mass is 10.0. The fourth-order valence-electron chi connectivity index (χ4n) is 3.55. The standard InChI is InChI=1S/C21H22ClN5O3/c1-11(2)16-10-30-21(29)27(16)17-7-8-23-20(25-17)24-12(3)14-9-13-5-4-6-15(22)18(13)26-19(14)28/h4-9,11-12,16H,10H2,1-3H3,(H,26,28)(H,23,24,25)/t12-,16-/m1/s1. The summed E-state index contributed by atoms with van der Waals surface area (Å²) in [6.45, 7) is 6.23. The third-order valence-corrected chi connectivity index (χ3v) is 5.55. The highest BCUT2D eigenvalue weighted by atomic mass is 35.5. The Hall–Kier alpha value is -3.13. The summed E-state index contributed by atoms with van der Waals surface area (Å²) < 4.78 is 5.20. The summed E-state index contributed by atoms with van der Waals surface area (Å²) in [4.78, 5) is 37.9. The van der Waals surface area contributed by atoms with Crippen LogP contribution in [-0.2, 0) is 4.74 Å². The van der Waals surface area contributed by atoms with Crippen LogP contribution in [0.4, 0.5) is 16.6 Å². The van der Waals surface area contributed by atoms with Crippen LogP contribution in [0.15, 0.2) is 41.3 Å². The largest absolute Gasteiger partial charge is 0.447 e. The van der Waals surface area contributed by atoms with Gasteiger partial charge in [0.25, 0.3) is 5.56 Å². The first-order valence-electron chi connectivity index (χ1n) is 9.72. The van der Waals surface area contributed by atoms with Crippen molar-refractivity contribution in [1.82, 2.24) is 15.0 Å². The molecule has 0 spiro atoms. The number of pyridine rings is 1. The Morgan fingerprint density at radius 3 is 2.83 bits per heavy atom. The van der Waals surface area contributed by atoms with Gasteiger partial charge in [-0.2, -0.15) is 4.98 Å². The highest BCUT2D eigenvalue weighted by molar-refractivity contribution is 6.35. The molecule has 2 atom stereocenters. The van der Waals surface area contributed by atoms with Crippen LogP contribution in [0.25, 0.3) is 10.9 Å². The number of H-pyrrole nitrogens is 1. The van der Waals surface area contributed by atoms with Crippen LogP contribution in [-0.4, -0.2) is 33.7 Å². The Morgan fingerprint density at radius 1 is 1.27 bits per heavy atom. The SMILES string of the molecule is CC(C)[C@H]1COC(=O)N1c1ccnc(N[C@H](C)c2cc3cccc(Cl)c3[nH]c2=O)n1. The van der Waals surface area contributed by atoms with E-state index < -0.39 is 6.09 Å². The van der Waals surface area contributed by atoms with Crippen LogP contribution in [0, 0.1) is 5.92 Å². The van der Waals surface area contributed by atoms with Crippen LogP contribution in [0.1, 0.15) is 32.4 Å². The third kappa shape index (κ3) is 3.70. The van der Waals surface area contributed by atoms with E-state index in [1.807, 2.05) is 32.9 Å². The minimum absolute atomic E-state index is 0.0919. The quantitative estimate of drug-likeness (QED) is 0.635. The van der Waals surface area contributed by atoms with Crippen molar-refractivity contribution in [2.45, 2.75) is 32.9 Å². The van der Waals surface area contributed by atoms with Gasteiger partial charge in [-0.25, -0.2) is 9.78 Å². The van der Waals surface area contributed by atoms with Crippen molar-refractivity contribution < 1.29 is 9.53 Å². The minimum Gasteiger partial charge on any atom is -0.447 e.